The van der Waals surface area contributed by atoms with Gasteiger partial charge >= 0.3 is 0 Å². The van der Waals surface area contributed by atoms with Crippen molar-refractivity contribution in [2.75, 3.05) is 25.6 Å². The van der Waals surface area contributed by atoms with Gasteiger partial charge in [-0.2, -0.15) is 0 Å². The van der Waals surface area contributed by atoms with E-state index in [1.165, 1.54) is 4.90 Å². The molecule has 0 radical (unpaired) electrons. The van der Waals surface area contributed by atoms with Gasteiger partial charge in [-0.1, -0.05) is 48.5 Å². The second-order valence-corrected chi connectivity index (χ2v) is 8.17. The van der Waals surface area contributed by atoms with Gasteiger partial charge in [0.25, 0.3) is 11.8 Å². The molecule has 0 atom stereocenters. The SMILES string of the molecule is COc1ccc(C2=C(Nc3cccc4ccccc34)C(=O)N(CCCOC(C)C)C2=O)cc1. The normalized spacial score (nSPS) is 14.0. The number of rotatable bonds is 9. The predicted octanol–water partition coefficient (Wildman–Crippen LogP) is 4.86. The van der Waals surface area contributed by atoms with Gasteiger partial charge in [0.15, 0.2) is 0 Å². The van der Waals surface area contributed by atoms with Crippen LogP contribution in [-0.4, -0.2) is 43.1 Å². The summed E-state index contributed by atoms with van der Waals surface area (Å²) >= 11 is 0. The summed E-state index contributed by atoms with van der Waals surface area (Å²) in [4.78, 5) is 28.1. The fourth-order valence-corrected chi connectivity index (χ4v) is 3.93. The maximum atomic E-state index is 13.4. The van der Waals surface area contributed by atoms with Crippen molar-refractivity contribution < 1.29 is 19.1 Å². The Bertz CT molecular complexity index is 1190. The molecule has 3 aromatic carbocycles. The van der Waals surface area contributed by atoms with E-state index in [1.54, 1.807) is 31.4 Å². The number of carbonyl (C=O) groups is 2. The molecule has 0 aliphatic carbocycles. The number of methoxy groups -OCH3 is 1. The van der Waals surface area contributed by atoms with Crippen molar-refractivity contribution in [2.24, 2.45) is 0 Å². The largest absolute Gasteiger partial charge is 0.497 e. The average Bonchev–Trinajstić information content (AvgIpc) is 3.06. The molecule has 0 fully saturated rings. The van der Waals surface area contributed by atoms with Gasteiger partial charge in [-0.15, -0.1) is 0 Å². The Labute approximate surface area is 193 Å². The van der Waals surface area contributed by atoms with E-state index in [0.717, 1.165) is 16.5 Å². The van der Waals surface area contributed by atoms with Gasteiger partial charge in [-0.3, -0.25) is 14.5 Å². The van der Waals surface area contributed by atoms with Crippen LogP contribution < -0.4 is 10.1 Å². The molecule has 1 N–H and O–H groups in total. The third-order valence-corrected chi connectivity index (χ3v) is 5.57. The topological polar surface area (TPSA) is 67.9 Å². The lowest BCUT2D eigenvalue weighted by atomic mass is 10.0. The molecule has 0 unspecified atom stereocenters. The van der Waals surface area contributed by atoms with Gasteiger partial charge in [0.2, 0.25) is 0 Å². The number of benzene rings is 3. The van der Waals surface area contributed by atoms with Crippen molar-refractivity contribution in [2.45, 2.75) is 26.4 Å². The Morgan fingerprint density at radius 2 is 1.64 bits per heavy atom. The summed E-state index contributed by atoms with van der Waals surface area (Å²) in [6, 6.07) is 21.0. The summed E-state index contributed by atoms with van der Waals surface area (Å²) in [7, 11) is 1.59. The first-order valence-electron chi connectivity index (χ1n) is 11.1. The zero-order valence-corrected chi connectivity index (χ0v) is 19.1. The van der Waals surface area contributed by atoms with Crippen molar-refractivity contribution in [3.8, 4) is 5.75 Å². The summed E-state index contributed by atoms with van der Waals surface area (Å²) < 4.78 is 10.8. The number of nitrogens with one attached hydrogen (secondary N) is 1. The molecule has 2 amide bonds. The molecule has 1 heterocycles. The summed E-state index contributed by atoms with van der Waals surface area (Å²) in [6.07, 6.45) is 0.680. The second kappa shape index (κ2) is 9.88. The van der Waals surface area contributed by atoms with Gasteiger partial charge < -0.3 is 14.8 Å². The van der Waals surface area contributed by atoms with Crippen molar-refractivity contribution in [1.82, 2.24) is 4.90 Å². The van der Waals surface area contributed by atoms with Crippen LogP contribution in [0.4, 0.5) is 5.69 Å². The fraction of sp³-hybridized carbons (Fsp3) is 0.259. The third-order valence-electron chi connectivity index (χ3n) is 5.57. The van der Waals surface area contributed by atoms with Gasteiger partial charge in [0.05, 0.1) is 18.8 Å². The Morgan fingerprint density at radius 1 is 0.909 bits per heavy atom. The highest BCUT2D eigenvalue weighted by molar-refractivity contribution is 6.36. The maximum absolute atomic E-state index is 13.4. The quantitative estimate of drug-likeness (QED) is 0.377. The number of ether oxygens (including phenoxy) is 2. The Morgan fingerprint density at radius 3 is 2.36 bits per heavy atom. The molecule has 0 saturated heterocycles. The third kappa shape index (κ3) is 4.76. The van der Waals surface area contributed by atoms with Crippen molar-refractivity contribution in [1.29, 1.82) is 0 Å². The molecule has 3 aromatic rings. The molecule has 1 aliphatic rings. The van der Waals surface area contributed by atoms with Crippen LogP contribution in [0.25, 0.3) is 16.3 Å². The van der Waals surface area contributed by atoms with E-state index in [-0.39, 0.29) is 23.6 Å². The average molecular weight is 445 g/mol. The lowest BCUT2D eigenvalue weighted by Crippen LogP contribution is -2.34. The van der Waals surface area contributed by atoms with E-state index in [1.807, 2.05) is 56.3 Å². The summed E-state index contributed by atoms with van der Waals surface area (Å²) in [6.45, 7) is 4.70. The van der Waals surface area contributed by atoms with E-state index in [4.69, 9.17) is 9.47 Å². The molecule has 170 valence electrons. The van der Waals surface area contributed by atoms with E-state index in [9.17, 15) is 9.59 Å². The standard InChI is InChI=1S/C27H28N2O4/c1-18(2)33-17-7-16-29-26(30)24(20-12-14-21(32-3)15-13-20)25(27(29)31)28-23-11-6-9-19-8-4-5-10-22(19)23/h4-6,8-15,18,28H,7,16-17H2,1-3H3. The van der Waals surface area contributed by atoms with E-state index in [2.05, 4.69) is 5.32 Å². The van der Waals surface area contributed by atoms with E-state index in [0.29, 0.717) is 36.5 Å². The Balaban J connectivity index is 1.70. The number of anilines is 1. The van der Waals surface area contributed by atoms with Crippen molar-refractivity contribution in [3.63, 3.8) is 0 Å². The summed E-state index contributed by atoms with van der Waals surface area (Å²) in [5.74, 6) is 0.0446. The molecule has 6 nitrogen and oxygen atoms in total. The molecule has 0 saturated carbocycles. The van der Waals surface area contributed by atoms with Gasteiger partial charge in [-0.25, -0.2) is 0 Å². The first-order valence-corrected chi connectivity index (χ1v) is 11.1. The van der Waals surface area contributed by atoms with Gasteiger partial charge in [0, 0.05) is 24.2 Å². The number of imide groups is 1. The molecule has 4 rings (SSSR count). The molecular weight excluding hydrogens is 416 g/mol. The Hall–Kier alpha value is -3.64. The van der Waals surface area contributed by atoms with Crippen LogP contribution in [0.5, 0.6) is 5.75 Å². The van der Waals surface area contributed by atoms with Crippen LogP contribution in [0.2, 0.25) is 0 Å². The molecule has 6 heteroatoms. The first kappa shape index (κ1) is 22.6. The predicted molar refractivity (Wildman–Crippen MR) is 130 cm³/mol. The monoisotopic (exact) mass is 444 g/mol. The maximum Gasteiger partial charge on any atom is 0.278 e. The second-order valence-electron chi connectivity index (χ2n) is 8.17. The van der Waals surface area contributed by atoms with E-state index < -0.39 is 0 Å². The molecule has 0 aromatic heterocycles. The fourth-order valence-electron chi connectivity index (χ4n) is 3.93. The van der Waals surface area contributed by atoms with E-state index >= 15 is 0 Å². The summed E-state index contributed by atoms with van der Waals surface area (Å²) in [5, 5.41) is 5.31. The Kier molecular flexibility index (Phi) is 6.75. The molecule has 0 bridgehead atoms. The van der Waals surface area contributed by atoms with Gasteiger partial charge in [-0.05, 0) is 49.4 Å². The zero-order valence-electron chi connectivity index (χ0n) is 19.1. The van der Waals surface area contributed by atoms with Crippen LogP contribution in [-0.2, 0) is 14.3 Å². The first-order chi connectivity index (χ1) is 16.0. The lowest BCUT2D eigenvalue weighted by Gasteiger charge is -2.16. The number of hydrogen-bond donors (Lipinski definition) is 1. The minimum Gasteiger partial charge on any atom is -0.497 e. The minimum atomic E-state index is -0.330. The zero-order chi connectivity index (χ0) is 23.4. The number of fused-ring (bicyclic) bond motifs is 1. The van der Waals surface area contributed by atoms with Crippen LogP contribution in [0.15, 0.2) is 72.4 Å². The summed E-state index contributed by atoms with van der Waals surface area (Å²) in [5.41, 5.74) is 2.09. The van der Waals surface area contributed by atoms with Crippen LogP contribution in [0.1, 0.15) is 25.8 Å². The molecule has 0 spiro atoms. The number of carbonyl (C=O) groups excluding carboxylic acids is 2. The lowest BCUT2D eigenvalue weighted by molar-refractivity contribution is -0.137. The highest BCUT2D eigenvalue weighted by Crippen LogP contribution is 2.33. The molecular formula is C27H28N2O4. The smallest absolute Gasteiger partial charge is 0.278 e. The highest BCUT2D eigenvalue weighted by atomic mass is 16.5. The number of amides is 2. The highest BCUT2D eigenvalue weighted by Gasteiger charge is 2.39. The van der Waals surface area contributed by atoms with Gasteiger partial charge in [0.1, 0.15) is 11.4 Å². The molecule has 33 heavy (non-hydrogen) atoms. The minimum absolute atomic E-state index is 0.103. The van der Waals surface area contributed by atoms with Crippen LogP contribution in [0, 0.1) is 0 Å². The number of hydrogen-bond acceptors (Lipinski definition) is 5. The van der Waals surface area contributed by atoms with Crippen LogP contribution >= 0.6 is 0 Å². The van der Waals surface area contributed by atoms with Crippen molar-refractivity contribution >= 4 is 33.8 Å². The van der Waals surface area contributed by atoms with Crippen LogP contribution in [0.3, 0.4) is 0 Å². The van der Waals surface area contributed by atoms with Crippen molar-refractivity contribution in [3.05, 3.63) is 78.0 Å². The number of nitrogens with zero attached hydrogens (tertiary/aromatic N) is 1. The molecule has 1 aliphatic heterocycles.